The van der Waals surface area contributed by atoms with Crippen LogP contribution in [0.2, 0.25) is 0 Å². The van der Waals surface area contributed by atoms with Crippen LogP contribution in [-0.2, 0) is 0 Å². The van der Waals surface area contributed by atoms with Crippen molar-refractivity contribution in [1.82, 2.24) is 4.98 Å². The maximum atomic E-state index is 4.20. The summed E-state index contributed by atoms with van der Waals surface area (Å²) in [7, 11) is 0. The smallest absolute Gasteiger partial charge is 0.0955 e. The molecule has 0 unspecified atom stereocenters. The largest absolute Gasteiger partial charge is 0.249 e. The van der Waals surface area contributed by atoms with Gasteiger partial charge < -0.3 is 0 Å². The maximum Gasteiger partial charge on any atom is 0.0955 e. The molecule has 1 aliphatic carbocycles. The minimum Gasteiger partial charge on any atom is -0.249 e. The van der Waals surface area contributed by atoms with E-state index in [-0.39, 0.29) is 0 Å². The molecule has 56 valence electrons. The molecule has 0 radical (unpaired) electrons. The lowest BCUT2D eigenvalue weighted by molar-refractivity contribution is 1.08. The molecule has 0 bridgehead atoms. The Hall–Kier alpha value is -0.370. The Bertz CT molecular complexity index is 165. The lowest BCUT2D eigenvalue weighted by Gasteiger charge is -1.80. The Balaban J connectivity index is 0.000000231. The van der Waals surface area contributed by atoms with Gasteiger partial charge in [-0.1, -0.05) is 13.8 Å². The molecular formula is C8H13NS. The minimum atomic E-state index is 0.843. The topological polar surface area (TPSA) is 12.9 Å². The Morgan fingerprint density at radius 2 is 2.20 bits per heavy atom. The van der Waals surface area contributed by atoms with Gasteiger partial charge in [0.1, 0.15) is 0 Å². The van der Waals surface area contributed by atoms with Crippen LogP contribution in [0.5, 0.6) is 0 Å². The molecule has 0 N–H and O–H groups in total. The average molecular weight is 155 g/mol. The van der Waals surface area contributed by atoms with Crippen LogP contribution < -0.4 is 0 Å². The van der Waals surface area contributed by atoms with Crippen molar-refractivity contribution in [3.05, 3.63) is 16.6 Å². The van der Waals surface area contributed by atoms with Crippen LogP contribution >= 0.6 is 11.3 Å². The van der Waals surface area contributed by atoms with E-state index in [2.05, 4.69) is 4.98 Å². The maximum absolute atomic E-state index is 4.20. The van der Waals surface area contributed by atoms with Crippen molar-refractivity contribution in [3.63, 3.8) is 0 Å². The van der Waals surface area contributed by atoms with Crippen molar-refractivity contribution in [2.75, 3.05) is 0 Å². The zero-order chi connectivity index (χ0) is 7.40. The first-order valence-corrected chi connectivity index (χ1v) is 4.74. The first kappa shape index (κ1) is 7.73. The van der Waals surface area contributed by atoms with Crippen LogP contribution in [0.15, 0.2) is 11.6 Å². The van der Waals surface area contributed by atoms with E-state index >= 15 is 0 Å². The molecule has 0 saturated heterocycles. The Morgan fingerprint density at radius 3 is 2.60 bits per heavy atom. The SMILES string of the molecule is CC.c1csc(C2CC2)n1. The fraction of sp³-hybridized carbons (Fsp3) is 0.625. The second-order valence-electron chi connectivity index (χ2n) is 2.14. The first-order valence-electron chi connectivity index (χ1n) is 3.86. The van der Waals surface area contributed by atoms with Crippen LogP contribution in [-0.4, -0.2) is 4.98 Å². The monoisotopic (exact) mass is 155 g/mol. The van der Waals surface area contributed by atoms with Crippen LogP contribution in [0.4, 0.5) is 0 Å². The van der Waals surface area contributed by atoms with Gasteiger partial charge in [0.2, 0.25) is 0 Å². The standard InChI is InChI=1S/C6H7NS.C2H6/c1-2-5(1)6-7-3-4-8-6;1-2/h3-5H,1-2H2;1-2H3. The van der Waals surface area contributed by atoms with Gasteiger partial charge in [-0.15, -0.1) is 11.3 Å². The summed E-state index contributed by atoms with van der Waals surface area (Å²) < 4.78 is 0. The summed E-state index contributed by atoms with van der Waals surface area (Å²) >= 11 is 1.78. The van der Waals surface area contributed by atoms with Crippen molar-refractivity contribution in [1.29, 1.82) is 0 Å². The van der Waals surface area contributed by atoms with E-state index in [0.29, 0.717) is 0 Å². The zero-order valence-corrected chi connectivity index (χ0v) is 7.32. The zero-order valence-electron chi connectivity index (χ0n) is 6.50. The number of nitrogens with zero attached hydrogens (tertiary/aromatic N) is 1. The molecule has 2 rings (SSSR count). The molecule has 1 heterocycles. The molecule has 0 aliphatic heterocycles. The summed E-state index contributed by atoms with van der Waals surface area (Å²) in [5.41, 5.74) is 0. The van der Waals surface area contributed by atoms with E-state index in [1.807, 2.05) is 25.4 Å². The van der Waals surface area contributed by atoms with Gasteiger partial charge in [-0.25, -0.2) is 4.98 Å². The van der Waals surface area contributed by atoms with E-state index < -0.39 is 0 Å². The number of aromatic nitrogens is 1. The van der Waals surface area contributed by atoms with E-state index in [1.54, 1.807) is 11.3 Å². The van der Waals surface area contributed by atoms with Gasteiger partial charge in [-0.2, -0.15) is 0 Å². The first-order chi connectivity index (χ1) is 4.97. The van der Waals surface area contributed by atoms with Crippen LogP contribution in [0, 0.1) is 0 Å². The number of hydrogen-bond donors (Lipinski definition) is 0. The van der Waals surface area contributed by atoms with E-state index in [0.717, 1.165) is 5.92 Å². The Morgan fingerprint density at radius 1 is 1.50 bits per heavy atom. The van der Waals surface area contributed by atoms with Gasteiger partial charge in [0.05, 0.1) is 5.01 Å². The third-order valence-electron chi connectivity index (χ3n) is 1.38. The molecule has 0 aromatic carbocycles. The summed E-state index contributed by atoms with van der Waals surface area (Å²) in [6.45, 7) is 4.00. The van der Waals surface area contributed by atoms with Gasteiger partial charge in [0.15, 0.2) is 0 Å². The lowest BCUT2D eigenvalue weighted by atomic mass is 10.5. The van der Waals surface area contributed by atoms with Gasteiger partial charge in [-0.3, -0.25) is 0 Å². The summed E-state index contributed by atoms with van der Waals surface area (Å²) in [5, 5.41) is 3.39. The third-order valence-corrected chi connectivity index (χ3v) is 2.32. The molecule has 0 amide bonds. The summed E-state index contributed by atoms with van der Waals surface area (Å²) in [5.74, 6) is 0.843. The van der Waals surface area contributed by atoms with Crippen molar-refractivity contribution in [2.24, 2.45) is 0 Å². The summed E-state index contributed by atoms with van der Waals surface area (Å²) in [6.07, 6.45) is 4.62. The fourth-order valence-corrected chi connectivity index (χ4v) is 1.58. The van der Waals surface area contributed by atoms with Crippen molar-refractivity contribution < 1.29 is 0 Å². The predicted octanol–water partition coefficient (Wildman–Crippen LogP) is 3.05. The van der Waals surface area contributed by atoms with Crippen LogP contribution in [0.25, 0.3) is 0 Å². The molecule has 2 heteroatoms. The summed E-state index contributed by atoms with van der Waals surface area (Å²) in [6, 6.07) is 0. The quantitative estimate of drug-likeness (QED) is 0.607. The Kier molecular flexibility index (Phi) is 2.87. The fourth-order valence-electron chi connectivity index (χ4n) is 0.766. The lowest BCUT2D eigenvalue weighted by Crippen LogP contribution is -1.70. The van der Waals surface area contributed by atoms with Crippen LogP contribution in [0.3, 0.4) is 0 Å². The molecule has 1 nitrogen and oxygen atoms in total. The second-order valence-corrected chi connectivity index (χ2v) is 3.07. The molecule has 1 saturated carbocycles. The highest BCUT2D eigenvalue weighted by Gasteiger charge is 2.25. The van der Waals surface area contributed by atoms with E-state index in [1.165, 1.54) is 17.8 Å². The van der Waals surface area contributed by atoms with Crippen molar-refractivity contribution in [3.8, 4) is 0 Å². The van der Waals surface area contributed by atoms with E-state index in [9.17, 15) is 0 Å². The highest BCUT2D eigenvalue weighted by atomic mass is 32.1. The van der Waals surface area contributed by atoms with Gasteiger partial charge in [0, 0.05) is 17.5 Å². The average Bonchev–Trinajstić information content (AvgIpc) is 2.72. The summed E-state index contributed by atoms with van der Waals surface area (Å²) in [4.78, 5) is 4.20. The molecule has 1 aliphatic rings. The van der Waals surface area contributed by atoms with Crippen molar-refractivity contribution in [2.45, 2.75) is 32.6 Å². The normalized spacial score (nSPS) is 15.8. The molecule has 0 atom stereocenters. The highest BCUT2D eigenvalue weighted by Crippen LogP contribution is 2.40. The number of thiazole rings is 1. The molecule has 0 spiro atoms. The van der Waals surface area contributed by atoms with Gasteiger partial charge >= 0.3 is 0 Å². The van der Waals surface area contributed by atoms with Crippen LogP contribution in [0.1, 0.15) is 37.6 Å². The molecule has 1 fully saturated rings. The van der Waals surface area contributed by atoms with Crippen molar-refractivity contribution >= 4 is 11.3 Å². The molecule has 10 heavy (non-hydrogen) atoms. The van der Waals surface area contributed by atoms with Gasteiger partial charge in [0.25, 0.3) is 0 Å². The second kappa shape index (κ2) is 3.71. The van der Waals surface area contributed by atoms with E-state index in [4.69, 9.17) is 0 Å². The molecular weight excluding hydrogens is 142 g/mol. The minimum absolute atomic E-state index is 0.843. The number of rotatable bonds is 1. The number of hydrogen-bond acceptors (Lipinski definition) is 2. The highest BCUT2D eigenvalue weighted by molar-refractivity contribution is 7.09. The Labute approximate surface area is 66.1 Å². The third kappa shape index (κ3) is 1.81. The molecule has 1 aromatic rings. The van der Waals surface area contributed by atoms with Gasteiger partial charge in [-0.05, 0) is 12.8 Å². The molecule has 1 aromatic heterocycles. The predicted molar refractivity (Wildman–Crippen MR) is 45.4 cm³/mol.